The summed E-state index contributed by atoms with van der Waals surface area (Å²) in [5, 5.41) is 12.0. The summed E-state index contributed by atoms with van der Waals surface area (Å²) in [6.45, 7) is 5.46. The second kappa shape index (κ2) is 9.38. The Labute approximate surface area is 196 Å². The van der Waals surface area contributed by atoms with E-state index in [1.54, 1.807) is 32.2 Å². The lowest BCUT2D eigenvalue weighted by atomic mass is 10.1. The summed E-state index contributed by atoms with van der Waals surface area (Å²) in [5.74, 6) is 1.30. The number of nitrogens with zero attached hydrogens (tertiary/aromatic N) is 3. The number of carbonyl (C=O) groups is 1. The zero-order valence-electron chi connectivity index (χ0n) is 19.7. The van der Waals surface area contributed by atoms with E-state index in [4.69, 9.17) is 14.0 Å². The van der Waals surface area contributed by atoms with Crippen LogP contribution in [-0.2, 0) is 4.79 Å². The summed E-state index contributed by atoms with van der Waals surface area (Å²) < 4.78 is 17.1. The van der Waals surface area contributed by atoms with Gasteiger partial charge in [-0.3, -0.25) is 9.59 Å². The van der Waals surface area contributed by atoms with Crippen LogP contribution in [0.4, 0.5) is 5.69 Å². The van der Waals surface area contributed by atoms with Crippen LogP contribution in [0.25, 0.3) is 22.2 Å². The van der Waals surface area contributed by atoms with Crippen LogP contribution >= 0.6 is 0 Å². The van der Waals surface area contributed by atoms with Gasteiger partial charge >= 0.3 is 0 Å². The molecule has 0 aliphatic heterocycles. The van der Waals surface area contributed by atoms with Crippen LogP contribution in [0.2, 0.25) is 0 Å². The molecule has 0 aliphatic rings. The first-order valence-electron chi connectivity index (χ1n) is 10.9. The molecule has 4 aromatic rings. The average Bonchev–Trinajstić information content (AvgIpc) is 3.23. The maximum absolute atomic E-state index is 13.3. The fraction of sp³-hybridized carbons (Fsp3) is 0.280. The Balaban J connectivity index is 1.82. The Morgan fingerprint density at radius 3 is 2.50 bits per heavy atom. The Hall–Kier alpha value is -4.14. The van der Waals surface area contributed by atoms with Crippen molar-refractivity contribution in [3.63, 3.8) is 0 Å². The molecule has 176 valence electrons. The fourth-order valence-electron chi connectivity index (χ4n) is 3.88. The van der Waals surface area contributed by atoms with Gasteiger partial charge in [-0.25, -0.2) is 4.68 Å². The van der Waals surface area contributed by atoms with Gasteiger partial charge in [-0.1, -0.05) is 18.1 Å². The molecule has 0 saturated heterocycles. The molecule has 0 aliphatic carbocycles. The molecule has 1 atom stereocenters. The zero-order chi connectivity index (χ0) is 24.4. The quantitative estimate of drug-likeness (QED) is 0.437. The molecular weight excluding hydrogens is 436 g/mol. The maximum Gasteiger partial charge on any atom is 0.297 e. The number of rotatable bonds is 7. The number of aryl methyl sites for hydroxylation is 2. The number of methoxy groups -OCH3 is 2. The zero-order valence-corrected chi connectivity index (χ0v) is 19.7. The molecule has 0 bridgehead atoms. The highest BCUT2D eigenvalue weighted by Gasteiger charge is 2.27. The van der Waals surface area contributed by atoms with Gasteiger partial charge in [0, 0.05) is 5.56 Å². The third kappa shape index (κ3) is 4.12. The van der Waals surface area contributed by atoms with Gasteiger partial charge in [-0.15, -0.1) is 0 Å². The van der Waals surface area contributed by atoms with E-state index in [0.717, 1.165) is 11.1 Å². The van der Waals surface area contributed by atoms with E-state index in [1.807, 2.05) is 38.1 Å². The van der Waals surface area contributed by atoms with E-state index in [0.29, 0.717) is 40.4 Å². The first kappa shape index (κ1) is 23.0. The molecule has 2 aromatic carbocycles. The highest BCUT2D eigenvalue weighted by atomic mass is 16.5. The van der Waals surface area contributed by atoms with Crippen molar-refractivity contribution in [2.24, 2.45) is 0 Å². The van der Waals surface area contributed by atoms with Crippen molar-refractivity contribution >= 4 is 22.5 Å². The largest absolute Gasteiger partial charge is 0.497 e. The number of hydrogen-bond donors (Lipinski definition) is 1. The molecule has 2 heterocycles. The minimum atomic E-state index is -0.879. The predicted octanol–water partition coefficient (Wildman–Crippen LogP) is 4.28. The predicted molar refractivity (Wildman–Crippen MR) is 128 cm³/mol. The molecule has 1 N–H and O–H groups in total. The number of amides is 1. The standard InChI is InChI=1S/C25H26N4O5/c1-6-19(24(30)26-18-13-14(2)7-12-20(18)33-5)29-25(31)23-21(15(3)34-28-23)22(27-29)16-8-10-17(32-4)11-9-16/h7-13,19H,6H2,1-5H3,(H,26,30). The van der Waals surface area contributed by atoms with Crippen LogP contribution in [0.15, 0.2) is 51.8 Å². The highest BCUT2D eigenvalue weighted by molar-refractivity contribution is 5.96. The van der Waals surface area contributed by atoms with Crippen LogP contribution in [0.3, 0.4) is 0 Å². The maximum atomic E-state index is 13.3. The van der Waals surface area contributed by atoms with Gasteiger partial charge in [0.1, 0.15) is 29.0 Å². The van der Waals surface area contributed by atoms with Crippen molar-refractivity contribution in [2.45, 2.75) is 33.2 Å². The summed E-state index contributed by atoms with van der Waals surface area (Å²) in [5.41, 5.74) is 2.34. The minimum absolute atomic E-state index is 0.123. The fourth-order valence-corrected chi connectivity index (χ4v) is 3.88. The summed E-state index contributed by atoms with van der Waals surface area (Å²) in [7, 11) is 3.12. The van der Waals surface area contributed by atoms with Crippen molar-refractivity contribution < 1.29 is 18.8 Å². The molecule has 4 rings (SSSR count). The molecule has 0 saturated carbocycles. The van der Waals surface area contributed by atoms with E-state index in [9.17, 15) is 9.59 Å². The Kier molecular flexibility index (Phi) is 6.36. The average molecular weight is 463 g/mol. The highest BCUT2D eigenvalue weighted by Crippen LogP contribution is 2.30. The molecule has 2 aromatic heterocycles. The van der Waals surface area contributed by atoms with E-state index in [-0.39, 0.29) is 11.4 Å². The Morgan fingerprint density at radius 1 is 1.12 bits per heavy atom. The van der Waals surface area contributed by atoms with Crippen LogP contribution in [0.1, 0.15) is 30.7 Å². The van der Waals surface area contributed by atoms with E-state index in [1.165, 1.54) is 11.8 Å². The monoisotopic (exact) mass is 462 g/mol. The van der Waals surface area contributed by atoms with Crippen molar-refractivity contribution in [2.75, 3.05) is 19.5 Å². The lowest BCUT2D eigenvalue weighted by Gasteiger charge is -2.19. The van der Waals surface area contributed by atoms with Gasteiger partial charge in [0.05, 0.1) is 25.3 Å². The third-order valence-electron chi connectivity index (χ3n) is 5.68. The Bertz CT molecular complexity index is 1410. The normalized spacial score (nSPS) is 11.9. The summed E-state index contributed by atoms with van der Waals surface area (Å²) in [4.78, 5) is 26.6. The van der Waals surface area contributed by atoms with Crippen molar-refractivity contribution in [3.05, 3.63) is 64.1 Å². The topological polar surface area (TPSA) is 108 Å². The van der Waals surface area contributed by atoms with Crippen molar-refractivity contribution in [1.82, 2.24) is 14.9 Å². The van der Waals surface area contributed by atoms with Gasteiger partial charge < -0.3 is 19.3 Å². The number of benzene rings is 2. The van der Waals surface area contributed by atoms with Crippen LogP contribution in [0, 0.1) is 13.8 Å². The van der Waals surface area contributed by atoms with E-state index in [2.05, 4.69) is 15.6 Å². The molecule has 9 heteroatoms. The number of aromatic nitrogens is 3. The summed E-state index contributed by atoms with van der Waals surface area (Å²) in [6.07, 6.45) is 0.331. The van der Waals surface area contributed by atoms with Gasteiger partial charge in [0.2, 0.25) is 5.91 Å². The molecule has 1 amide bonds. The lowest BCUT2D eigenvalue weighted by molar-refractivity contribution is -0.119. The SMILES string of the molecule is CCC(C(=O)Nc1cc(C)ccc1OC)n1nc(-c2ccc(OC)cc2)c2c(C)onc2c1=O. The van der Waals surface area contributed by atoms with E-state index >= 15 is 0 Å². The first-order valence-corrected chi connectivity index (χ1v) is 10.9. The van der Waals surface area contributed by atoms with Gasteiger partial charge in [0.15, 0.2) is 5.52 Å². The first-order chi connectivity index (χ1) is 16.4. The number of fused-ring (bicyclic) bond motifs is 1. The van der Waals surface area contributed by atoms with Gasteiger partial charge in [-0.2, -0.15) is 5.10 Å². The summed E-state index contributed by atoms with van der Waals surface area (Å²) in [6, 6.07) is 11.9. The molecule has 9 nitrogen and oxygen atoms in total. The second-order valence-corrected chi connectivity index (χ2v) is 7.91. The minimum Gasteiger partial charge on any atom is -0.497 e. The third-order valence-corrected chi connectivity index (χ3v) is 5.68. The number of ether oxygens (including phenoxy) is 2. The molecular formula is C25H26N4O5. The molecule has 0 fully saturated rings. The number of hydrogen-bond acceptors (Lipinski definition) is 7. The summed E-state index contributed by atoms with van der Waals surface area (Å²) >= 11 is 0. The van der Waals surface area contributed by atoms with Gasteiger partial charge in [0.25, 0.3) is 5.56 Å². The van der Waals surface area contributed by atoms with Crippen LogP contribution < -0.4 is 20.3 Å². The smallest absolute Gasteiger partial charge is 0.297 e. The van der Waals surface area contributed by atoms with E-state index < -0.39 is 11.6 Å². The number of anilines is 1. The number of nitrogens with one attached hydrogen (secondary N) is 1. The lowest BCUT2D eigenvalue weighted by Crippen LogP contribution is -2.35. The van der Waals surface area contributed by atoms with Crippen LogP contribution in [-0.4, -0.2) is 35.1 Å². The molecule has 0 spiro atoms. The van der Waals surface area contributed by atoms with Crippen LogP contribution in [0.5, 0.6) is 11.5 Å². The second-order valence-electron chi connectivity index (χ2n) is 7.91. The molecule has 0 radical (unpaired) electrons. The number of carbonyl (C=O) groups excluding carboxylic acids is 1. The van der Waals surface area contributed by atoms with Gasteiger partial charge in [-0.05, 0) is 62.2 Å². The van der Waals surface area contributed by atoms with Crippen molar-refractivity contribution in [1.29, 1.82) is 0 Å². The van der Waals surface area contributed by atoms with Crippen molar-refractivity contribution in [3.8, 4) is 22.8 Å². The Morgan fingerprint density at radius 2 is 1.85 bits per heavy atom. The molecule has 34 heavy (non-hydrogen) atoms. The molecule has 1 unspecified atom stereocenters.